The maximum absolute atomic E-state index is 8.83. The van der Waals surface area contributed by atoms with Gasteiger partial charge in [0.05, 0.1) is 13.2 Å². The molecule has 0 saturated heterocycles. The molecule has 0 heterocycles. The molecular formula is C10H10BrNO2. The van der Waals surface area contributed by atoms with Gasteiger partial charge in [0.1, 0.15) is 5.75 Å². The third-order valence-corrected chi connectivity index (χ3v) is 2.56. The van der Waals surface area contributed by atoms with Gasteiger partial charge in [-0.1, -0.05) is 15.9 Å². The zero-order valence-electron chi connectivity index (χ0n) is 7.95. The number of benzene rings is 1. The first-order chi connectivity index (χ1) is 6.72. The lowest BCUT2D eigenvalue weighted by atomic mass is 10.1. The summed E-state index contributed by atoms with van der Waals surface area (Å²) in [5.74, 6) is 0.709. The molecule has 0 bridgehead atoms. The van der Waals surface area contributed by atoms with E-state index in [-0.39, 0.29) is 0 Å². The predicted octanol–water partition coefficient (Wildman–Crippen LogP) is 2.67. The topological polar surface area (TPSA) is 42.2 Å². The maximum Gasteiger partial charge on any atom is 0.169 e. The summed E-state index contributed by atoms with van der Waals surface area (Å²) in [5.41, 5.74) is 0.773. The highest BCUT2D eigenvalue weighted by Gasteiger charge is 2.13. The number of hydrogen-bond acceptors (Lipinski definition) is 3. The van der Waals surface area contributed by atoms with E-state index in [0.717, 1.165) is 10.0 Å². The van der Waals surface area contributed by atoms with Gasteiger partial charge in [-0.15, -0.1) is 0 Å². The van der Waals surface area contributed by atoms with Gasteiger partial charge in [0.15, 0.2) is 6.10 Å². The number of hydrogen-bond donors (Lipinski definition) is 0. The van der Waals surface area contributed by atoms with Crippen LogP contribution < -0.4 is 4.74 Å². The first kappa shape index (κ1) is 11.0. The van der Waals surface area contributed by atoms with Gasteiger partial charge in [0.25, 0.3) is 0 Å². The Kier molecular flexibility index (Phi) is 3.93. The average molecular weight is 256 g/mol. The van der Waals surface area contributed by atoms with Crippen molar-refractivity contribution in [3.05, 3.63) is 28.2 Å². The lowest BCUT2D eigenvalue weighted by Crippen LogP contribution is -1.99. The molecule has 1 aromatic carbocycles. The van der Waals surface area contributed by atoms with E-state index in [2.05, 4.69) is 22.0 Å². The Labute approximate surface area is 91.4 Å². The molecule has 4 heteroatoms. The van der Waals surface area contributed by atoms with E-state index < -0.39 is 6.10 Å². The minimum Gasteiger partial charge on any atom is -0.497 e. The summed E-state index contributed by atoms with van der Waals surface area (Å²) in [6.07, 6.45) is -0.570. The summed E-state index contributed by atoms with van der Waals surface area (Å²) in [7, 11) is 3.08. The molecule has 0 radical (unpaired) electrons. The van der Waals surface area contributed by atoms with Crippen LogP contribution in [-0.2, 0) is 4.74 Å². The van der Waals surface area contributed by atoms with Gasteiger partial charge >= 0.3 is 0 Å². The molecule has 0 fully saturated rings. The molecule has 0 N–H and O–H groups in total. The first-order valence-corrected chi connectivity index (χ1v) is 4.78. The molecule has 0 aliphatic rings. The normalized spacial score (nSPS) is 11.9. The summed E-state index contributed by atoms with van der Waals surface area (Å²) in [4.78, 5) is 0. The molecule has 0 aliphatic heterocycles. The second kappa shape index (κ2) is 4.99. The van der Waals surface area contributed by atoms with Crippen molar-refractivity contribution in [2.75, 3.05) is 14.2 Å². The van der Waals surface area contributed by atoms with Crippen LogP contribution in [0.2, 0.25) is 0 Å². The van der Waals surface area contributed by atoms with Crippen LogP contribution in [0.1, 0.15) is 11.7 Å². The standard InChI is InChI=1S/C10H10BrNO2/c1-13-7-3-4-9(11)8(5-7)10(6-12)14-2/h3-5,10H,1-2H3. The second-order valence-corrected chi connectivity index (χ2v) is 3.49. The number of rotatable bonds is 3. The molecule has 0 saturated carbocycles. The van der Waals surface area contributed by atoms with Gasteiger partial charge in [0.2, 0.25) is 0 Å². The zero-order chi connectivity index (χ0) is 10.6. The van der Waals surface area contributed by atoms with Gasteiger partial charge in [-0.05, 0) is 18.2 Å². The van der Waals surface area contributed by atoms with E-state index in [1.165, 1.54) is 7.11 Å². The second-order valence-electron chi connectivity index (χ2n) is 2.63. The average Bonchev–Trinajstić information content (AvgIpc) is 2.22. The Morgan fingerprint density at radius 3 is 2.64 bits per heavy atom. The fourth-order valence-corrected chi connectivity index (χ4v) is 1.55. The van der Waals surface area contributed by atoms with Crippen LogP contribution >= 0.6 is 15.9 Å². The molecule has 1 aromatic rings. The minimum absolute atomic E-state index is 0.570. The summed E-state index contributed by atoms with van der Waals surface area (Å²) < 4.78 is 10.9. The van der Waals surface area contributed by atoms with Crippen molar-refractivity contribution in [2.24, 2.45) is 0 Å². The molecule has 74 valence electrons. The fraction of sp³-hybridized carbons (Fsp3) is 0.300. The van der Waals surface area contributed by atoms with Crippen LogP contribution in [-0.4, -0.2) is 14.2 Å². The van der Waals surface area contributed by atoms with Gasteiger partial charge in [-0.25, -0.2) is 0 Å². The molecule has 0 spiro atoms. The number of nitriles is 1. The highest BCUT2D eigenvalue weighted by Crippen LogP contribution is 2.28. The molecule has 1 rings (SSSR count). The van der Waals surface area contributed by atoms with E-state index in [4.69, 9.17) is 14.7 Å². The highest BCUT2D eigenvalue weighted by atomic mass is 79.9. The van der Waals surface area contributed by atoms with Crippen molar-refractivity contribution < 1.29 is 9.47 Å². The first-order valence-electron chi connectivity index (χ1n) is 3.98. The molecule has 0 aromatic heterocycles. The van der Waals surface area contributed by atoms with Crippen LogP contribution in [0.4, 0.5) is 0 Å². The monoisotopic (exact) mass is 255 g/mol. The Morgan fingerprint density at radius 1 is 1.43 bits per heavy atom. The van der Waals surface area contributed by atoms with Crippen molar-refractivity contribution in [3.63, 3.8) is 0 Å². The Hall–Kier alpha value is -1.05. The van der Waals surface area contributed by atoms with Crippen molar-refractivity contribution in [3.8, 4) is 11.8 Å². The third-order valence-electron chi connectivity index (χ3n) is 1.84. The van der Waals surface area contributed by atoms with E-state index in [0.29, 0.717) is 5.75 Å². The van der Waals surface area contributed by atoms with Crippen LogP contribution in [0.25, 0.3) is 0 Å². The van der Waals surface area contributed by atoms with E-state index in [9.17, 15) is 0 Å². The number of methoxy groups -OCH3 is 2. The number of halogens is 1. The van der Waals surface area contributed by atoms with E-state index in [1.54, 1.807) is 13.2 Å². The minimum atomic E-state index is -0.570. The molecule has 0 amide bonds. The fourth-order valence-electron chi connectivity index (χ4n) is 1.10. The lowest BCUT2D eigenvalue weighted by molar-refractivity contribution is 0.148. The molecule has 0 aliphatic carbocycles. The lowest BCUT2D eigenvalue weighted by Gasteiger charge is -2.10. The summed E-state index contributed by atoms with van der Waals surface area (Å²) in [6.45, 7) is 0. The van der Waals surface area contributed by atoms with Gasteiger partial charge in [-0.2, -0.15) is 5.26 Å². The van der Waals surface area contributed by atoms with Crippen molar-refractivity contribution in [2.45, 2.75) is 6.10 Å². The molecular weight excluding hydrogens is 246 g/mol. The quantitative estimate of drug-likeness (QED) is 0.834. The molecule has 1 atom stereocenters. The highest BCUT2D eigenvalue weighted by molar-refractivity contribution is 9.10. The largest absolute Gasteiger partial charge is 0.497 e. The zero-order valence-corrected chi connectivity index (χ0v) is 9.54. The number of nitrogens with zero attached hydrogens (tertiary/aromatic N) is 1. The summed E-state index contributed by atoms with van der Waals surface area (Å²) in [6, 6.07) is 7.48. The molecule has 1 unspecified atom stereocenters. The Bertz CT molecular complexity index is 360. The van der Waals surface area contributed by atoms with Crippen LogP contribution in [0.15, 0.2) is 22.7 Å². The van der Waals surface area contributed by atoms with Gasteiger partial charge in [0, 0.05) is 17.1 Å². The summed E-state index contributed by atoms with van der Waals surface area (Å²) in [5, 5.41) is 8.83. The maximum atomic E-state index is 8.83. The molecule has 14 heavy (non-hydrogen) atoms. The van der Waals surface area contributed by atoms with E-state index in [1.807, 2.05) is 12.1 Å². The van der Waals surface area contributed by atoms with Gasteiger partial charge in [-0.3, -0.25) is 0 Å². The van der Waals surface area contributed by atoms with Crippen molar-refractivity contribution >= 4 is 15.9 Å². The Balaban J connectivity index is 3.12. The SMILES string of the molecule is COc1ccc(Br)c(C(C#N)OC)c1. The predicted molar refractivity (Wildman–Crippen MR) is 56.1 cm³/mol. The van der Waals surface area contributed by atoms with E-state index >= 15 is 0 Å². The number of ether oxygens (including phenoxy) is 2. The van der Waals surface area contributed by atoms with Crippen LogP contribution in [0.5, 0.6) is 5.75 Å². The van der Waals surface area contributed by atoms with Crippen molar-refractivity contribution in [1.82, 2.24) is 0 Å². The van der Waals surface area contributed by atoms with Crippen LogP contribution in [0, 0.1) is 11.3 Å². The summed E-state index contributed by atoms with van der Waals surface area (Å²) >= 11 is 3.36. The van der Waals surface area contributed by atoms with Gasteiger partial charge < -0.3 is 9.47 Å². The van der Waals surface area contributed by atoms with Crippen molar-refractivity contribution in [1.29, 1.82) is 5.26 Å². The van der Waals surface area contributed by atoms with Crippen LogP contribution in [0.3, 0.4) is 0 Å². The Morgan fingerprint density at radius 2 is 2.14 bits per heavy atom. The molecule has 3 nitrogen and oxygen atoms in total. The smallest absolute Gasteiger partial charge is 0.169 e. The third kappa shape index (κ3) is 2.25.